The quantitative estimate of drug-likeness (QED) is 0.610. The monoisotopic (exact) mass is 418 g/mol. The molecule has 0 saturated carbocycles. The molecule has 0 aliphatic rings. The summed E-state index contributed by atoms with van der Waals surface area (Å²) in [7, 11) is 0. The first-order valence-corrected chi connectivity index (χ1v) is 9.49. The van der Waals surface area contributed by atoms with Gasteiger partial charge in [0.05, 0.1) is 10.2 Å². The van der Waals surface area contributed by atoms with E-state index in [1.807, 2.05) is 31.2 Å². The minimum absolute atomic E-state index is 0.233. The Kier molecular flexibility index (Phi) is 4.84. The third-order valence-corrected chi connectivity index (χ3v) is 5.23. The number of benzene rings is 2. The fourth-order valence-corrected chi connectivity index (χ4v) is 3.82. The number of carbonyl (C=O) groups excluding carboxylic acids is 1. The molecule has 1 amide bonds. The average molecular weight is 419 g/mol. The molecule has 3 rings (SSSR count). The van der Waals surface area contributed by atoms with E-state index >= 15 is 0 Å². The highest BCUT2D eigenvalue weighted by Crippen LogP contribution is 2.30. The normalized spacial score (nSPS) is 11.6. The summed E-state index contributed by atoms with van der Waals surface area (Å²) in [4.78, 5) is 17.2. The Balaban J connectivity index is 1.78. The molecular weight excluding hydrogens is 400 g/mol. The standard InChI is InChI=1S/C19H19BrN2O2S/c1-11-9-12(2)16-15(10-11)25-18(21-16)22-17(23)19(3,4)24-14-7-5-13(20)6-8-14/h5-10H,1-4H3,(H,21,22,23). The number of nitrogens with zero attached hydrogens (tertiary/aromatic N) is 1. The highest BCUT2D eigenvalue weighted by atomic mass is 79.9. The molecule has 3 aromatic rings. The van der Waals surface area contributed by atoms with Crippen molar-refractivity contribution in [2.24, 2.45) is 0 Å². The topological polar surface area (TPSA) is 51.2 Å². The predicted octanol–water partition coefficient (Wildman–Crippen LogP) is 5.47. The van der Waals surface area contributed by atoms with Gasteiger partial charge in [-0.1, -0.05) is 33.3 Å². The smallest absolute Gasteiger partial charge is 0.269 e. The Labute approximate surface area is 159 Å². The minimum Gasteiger partial charge on any atom is -0.478 e. The second-order valence-electron chi connectivity index (χ2n) is 6.47. The molecule has 0 fully saturated rings. The number of rotatable bonds is 4. The van der Waals surface area contributed by atoms with Gasteiger partial charge in [0, 0.05) is 4.47 Å². The maximum atomic E-state index is 12.7. The van der Waals surface area contributed by atoms with E-state index in [-0.39, 0.29) is 5.91 Å². The lowest BCUT2D eigenvalue weighted by Gasteiger charge is -2.24. The van der Waals surface area contributed by atoms with Gasteiger partial charge >= 0.3 is 0 Å². The predicted molar refractivity (Wildman–Crippen MR) is 107 cm³/mol. The number of hydrogen-bond donors (Lipinski definition) is 1. The Bertz CT molecular complexity index is 932. The Morgan fingerprint density at radius 3 is 2.56 bits per heavy atom. The number of carbonyl (C=O) groups is 1. The zero-order valence-electron chi connectivity index (χ0n) is 14.5. The molecule has 0 bridgehead atoms. The molecule has 1 heterocycles. The number of halogens is 1. The van der Waals surface area contributed by atoms with E-state index in [9.17, 15) is 4.79 Å². The molecule has 0 aliphatic carbocycles. The molecule has 1 aromatic heterocycles. The maximum Gasteiger partial charge on any atom is 0.269 e. The van der Waals surface area contributed by atoms with Crippen molar-refractivity contribution in [3.05, 3.63) is 52.0 Å². The number of aromatic nitrogens is 1. The van der Waals surface area contributed by atoms with Crippen LogP contribution in [-0.4, -0.2) is 16.5 Å². The van der Waals surface area contributed by atoms with Crippen LogP contribution in [0.15, 0.2) is 40.9 Å². The first-order chi connectivity index (χ1) is 11.7. The van der Waals surface area contributed by atoms with Crippen LogP contribution >= 0.6 is 27.3 Å². The molecule has 130 valence electrons. The molecule has 0 saturated heterocycles. The number of aryl methyl sites for hydroxylation is 2. The van der Waals surface area contributed by atoms with Gasteiger partial charge in [-0.05, 0) is 69.2 Å². The number of nitrogens with one attached hydrogen (secondary N) is 1. The van der Waals surface area contributed by atoms with Crippen LogP contribution in [0.3, 0.4) is 0 Å². The van der Waals surface area contributed by atoms with Crippen LogP contribution < -0.4 is 10.1 Å². The van der Waals surface area contributed by atoms with Crippen molar-refractivity contribution in [1.29, 1.82) is 0 Å². The molecule has 25 heavy (non-hydrogen) atoms. The van der Waals surface area contributed by atoms with Crippen molar-refractivity contribution in [3.8, 4) is 5.75 Å². The number of ether oxygens (including phenoxy) is 1. The fraction of sp³-hybridized carbons (Fsp3) is 0.263. The lowest BCUT2D eigenvalue weighted by atomic mass is 10.1. The Morgan fingerprint density at radius 2 is 1.88 bits per heavy atom. The van der Waals surface area contributed by atoms with E-state index in [4.69, 9.17) is 4.74 Å². The highest BCUT2D eigenvalue weighted by molar-refractivity contribution is 9.10. The third-order valence-electron chi connectivity index (χ3n) is 3.78. The van der Waals surface area contributed by atoms with Crippen molar-refractivity contribution in [2.45, 2.75) is 33.3 Å². The van der Waals surface area contributed by atoms with Crippen molar-refractivity contribution in [2.75, 3.05) is 5.32 Å². The van der Waals surface area contributed by atoms with Gasteiger partial charge in [-0.25, -0.2) is 4.98 Å². The van der Waals surface area contributed by atoms with Crippen molar-refractivity contribution >= 4 is 48.5 Å². The molecule has 0 atom stereocenters. The van der Waals surface area contributed by atoms with Crippen LogP contribution in [0.25, 0.3) is 10.2 Å². The zero-order valence-corrected chi connectivity index (χ0v) is 16.9. The summed E-state index contributed by atoms with van der Waals surface area (Å²) in [6.45, 7) is 7.57. The number of amides is 1. The van der Waals surface area contributed by atoms with Gasteiger partial charge in [-0.15, -0.1) is 0 Å². The van der Waals surface area contributed by atoms with Crippen LogP contribution in [0.2, 0.25) is 0 Å². The van der Waals surface area contributed by atoms with Gasteiger partial charge in [0.25, 0.3) is 5.91 Å². The molecular formula is C19H19BrN2O2S. The Morgan fingerprint density at radius 1 is 1.20 bits per heavy atom. The van der Waals surface area contributed by atoms with E-state index < -0.39 is 5.60 Å². The molecule has 0 unspecified atom stereocenters. The van der Waals surface area contributed by atoms with Crippen LogP contribution in [0.4, 0.5) is 5.13 Å². The van der Waals surface area contributed by atoms with E-state index in [1.165, 1.54) is 16.9 Å². The van der Waals surface area contributed by atoms with Crippen LogP contribution in [0, 0.1) is 13.8 Å². The lowest BCUT2D eigenvalue weighted by Crippen LogP contribution is -2.42. The third kappa shape index (κ3) is 4.02. The van der Waals surface area contributed by atoms with Crippen molar-refractivity contribution in [1.82, 2.24) is 4.98 Å². The molecule has 0 spiro atoms. The first-order valence-electron chi connectivity index (χ1n) is 7.88. The highest BCUT2D eigenvalue weighted by Gasteiger charge is 2.30. The summed E-state index contributed by atoms with van der Waals surface area (Å²) in [5.41, 5.74) is 2.21. The van der Waals surface area contributed by atoms with E-state index in [2.05, 4.69) is 45.3 Å². The minimum atomic E-state index is -1.02. The molecule has 1 N–H and O–H groups in total. The fourth-order valence-electron chi connectivity index (χ4n) is 2.52. The second kappa shape index (κ2) is 6.77. The summed E-state index contributed by atoms with van der Waals surface area (Å²) in [6, 6.07) is 11.6. The largest absolute Gasteiger partial charge is 0.478 e. The molecule has 0 aliphatic heterocycles. The first kappa shape index (κ1) is 17.9. The van der Waals surface area contributed by atoms with Crippen LogP contribution in [-0.2, 0) is 4.79 Å². The summed E-state index contributed by atoms with van der Waals surface area (Å²) in [5, 5.41) is 3.47. The van der Waals surface area contributed by atoms with Gasteiger partial charge in [-0.2, -0.15) is 0 Å². The van der Waals surface area contributed by atoms with Gasteiger partial charge in [0.1, 0.15) is 5.75 Å². The zero-order chi connectivity index (χ0) is 18.2. The summed E-state index contributed by atoms with van der Waals surface area (Å²) < 4.78 is 7.88. The molecule has 0 radical (unpaired) electrons. The van der Waals surface area contributed by atoms with E-state index in [0.29, 0.717) is 10.9 Å². The summed E-state index contributed by atoms with van der Waals surface area (Å²) in [5.74, 6) is 0.406. The maximum absolute atomic E-state index is 12.7. The van der Waals surface area contributed by atoms with Gasteiger partial charge in [0.15, 0.2) is 10.7 Å². The second-order valence-corrected chi connectivity index (χ2v) is 8.41. The van der Waals surface area contributed by atoms with Crippen molar-refractivity contribution in [3.63, 3.8) is 0 Å². The van der Waals surface area contributed by atoms with E-state index in [1.54, 1.807) is 13.8 Å². The van der Waals surface area contributed by atoms with E-state index in [0.717, 1.165) is 20.3 Å². The summed E-state index contributed by atoms with van der Waals surface area (Å²) >= 11 is 4.86. The lowest BCUT2D eigenvalue weighted by molar-refractivity contribution is -0.128. The molecule has 2 aromatic carbocycles. The number of hydrogen-bond acceptors (Lipinski definition) is 4. The summed E-state index contributed by atoms with van der Waals surface area (Å²) in [6.07, 6.45) is 0. The van der Waals surface area contributed by atoms with Crippen LogP contribution in [0.1, 0.15) is 25.0 Å². The van der Waals surface area contributed by atoms with Gasteiger partial charge in [-0.3, -0.25) is 10.1 Å². The number of fused-ring (bicyclic) bond motifs is 1. The van der Waals surface area contributed by atoms with Crippen LogP contribution in [0.5, 0.6) is 5.75 Å². The number of anilines is 1. The SMILES string of the molecule is Cc1cc(C)c2nc(NC(=O)C(C)(C)Oc3ccc(Br)cc3)sc2c1. The average Bonchev–Trinajstić information content (AvgIpc) is 2.92. The van der Waals surface area contributed by atoms with Gasteiger partial charge in [0.2, 0.25) is 0 Å². The Hall–Kier alpha value is -1.92. The molecule has 6 heteroatoms. The molecule has 4 nitrogen and oxygen atoms in total. The van der Waals surface area contributed by atoms with Gasteiger partial charge < -0.3 is 4.74 Å². The van der Waals surface area contributed by atoms with Crippen molar-refractivity contribution < 1.29 is 9.53 Å². The number of thiazole rings is 1.